The van der Waals surface area contributed by atoms with Crippen molar-refractivity contribution in [3.05, 3.63) is 29.8 Å². The highest BCUT2D eigenvalue weighted by Crippen LogP contribution is 2.63. The first kappa shape index (κ1) is 25.4. The number of carbonyl (C=O) groups is 4. The molecule has 2 unspecified atom stereocenters. The number of nitrogens with zero attached hydrogens (tertiary/aromatic N) is 4. The van der Waals surface area contributed by atoms with E-state index in [4.69, 9.17) is 9.57 Å². The number of cyclic esters (lactones) is 1. The molecule has 11 heteroatoms. The van der Waals surface area contributed by atoms with Gasteiger partial charge in [0.15, 0.2) is 0 Å². The number of nitrogens with one attached hydrogen (secondary N) is 1. The second-order valence-electron chi connectivity index (χ2n) is 10.5. The van der Waals surface area contributed by atoms with Crippen molar-refractivity contribution in [2.45, 2.75) is 44.8 Å². The second kappa shape index (κ2) is 9.43. The summed E-state index contributed by atoms with van der Waals surface area (Å²) in [5.41, 5.74) is 0.219. The van der Waals surface area contributed by atoms with E-state index in [1.165, 1.54) is 11.8 Å². The SMILES string of the molecule is CC(=O)NC[C@H]1CN(c2ccc(C3(C#N)C4CN(C(=O)CN(C=O)OC(C)(C)C)CC43)cc2)C(=O)O1. The van der Waals surface area contributed by atoms with Crippen molar-refractivity contribution in [3.63, 3.8) is 0 Å². The van der Waals surface area contributed by atoms with Crippen LogP contribution in [0.4, 0.5) is 10.5 Å². The van der Waals surface area contributed by atoms with Crippen LogP contribution in [0.3, 0.4) is 0 Å². The van der Waals surface area contributed by atoms with Gasteiger partial charge in [-0.2, -0.15) is 5.26 Å². The molecule has 1 aromatic carbocycles. The minimum atomic E-state index is -0.680. The number of rotatable bonds is 8. The Morgan fingerprint density at radius 2 is 1.89 bits per heavy atom. The third kappa shape index (κ3) is 4.86. The molecule has 2 saturated heterocycles. The van der Waals surface area contributed by atoms with Gasteiger partial charge >= 0.3 is 6.09 Å². The molecule has 192 valence electrons. The van der Waals surface area contributed by atoms with E-state index < -0.39 is 23.2 Å². The zero-order chi connectivity index (χ0) is 26.3. The van der Waals surface area contributed by atoms with Crippen molar-refractivity contribution in [2.24, 2.45) is 11.8 Å². The van der Waals surface area contributed by atoms with E-state index in [1.807, 2.05) is 12.1 Å². The zero-order valence-electron chi connectivity index (χ0n) is 20.9. The van der Waals surface area contributed by atoms with Crippen LogP contribution in [-0.2, 0) is 29.4 Å². The lowest BCUT2D eigenvalue weighted by Gasteiger charge is -2.29. The Kier molecular flexibility index (Phi) is 6.66. The summed E-state index contributed by atoms with van der Waals surface area (Å²) < 4.78 is 5.32. The van der Waals surface area contributed by atoms with Crippen LogP contribution in [0.5, 0.6) is 0 Å². The minimum absolute atomic E-state index is 0.00398. The van der Waals surface area contributed by atoms with Crippen molar-refractivity contribution in [1.82, 2.24) is 15.3 Å². The second-order valence-corrected chi connectivity index (χ2v) is 10.5. The predicted molar refractivity (Wildman–Crippen MR) is 127 cm³/mol. The van der Waals surface area contributed by atoms with Gasteiger partial charge in [0.25, 0.3) is 0 Å². The summed E-state index contributed by atoms with van der Waals surface area (Å²) in [5, 5.41) is 13.7. The Labute approximate surface area is 209 Å². The lowest BCUT2D eigenvalue weighted by atomic mass is 9.91. The maximum absolute atomic E-state index is 12.7. The van der Waals surface area contributed by atoms with Gasteiger partial charge < -0.3 is 15.0 Å². The van der Waals surface area contributed by atoms with Gasteiger partial charge in [-0.05, 0) is 38.5 Å². The van der Waals surface area contributed by atoms with Crippen LogP contribution in [-0.4, -0.2) is 78.7 Å². The van der Waals surface area contributed by atoms with Crippen LogP contribution in [0.25, 0.3) is 0 Å². The van der Waals surface area contributed by atoms with Crippen LogP contribution in [0, 0.1) is 23.2 Å². The van der Waals surface area contributed by atoms with Crippen molar-refractivity contribution < 1.29 is 28.8 Å². The highest BCUT2D eigenvalue weighted by molar-refractivity contribution is 5.90. The average Bonchev–Trinajstić information content (AvgIpc) is 3.11. The van der Waals surface area contributed by atoms with Crippen molar-refractivity contribution in [1.29, 1.82) is 5.26 Å². The van der Waals surface area contributed by atoms with Crippen molar-refractivity contribution in [3.8, 4) is 6.07 Å². The topological polar surface area (TPSA) is 132 Å². The molecule has 3 aliphatic rings. The number of likely N-dealkylation sites (tertiary alicyclic amines) is 1. The Hall–Kier alpha value is -3.65. The smallest absolute Gasteiger partial charge is 0.414 e. The van der Waals surface area contributed by atoms with Gasteiger partial charge in [0.1, 0.15) is 12.6 Å². The van der Waals surface area contributed by atoms with E-state index >= 15 is 0 Å². The van der Waals surface area contributed by atoms with E-state index in [-0.39, 0.29) is 36.7 Å². The van der Waals surface area contributed by atoms with Gasteiger partial charge in [-0.15, -0.1) is 0 Å². The third-order valence-corrected chi connectivity index (χ3v) is 6.83. The Bertz CT molecular complexity index is 1080. The normalized spacial score (nSPS) is 26.6. The number of amides is 4. The van der Waals surface area contributed by atoms with E-state index in [1.54, 1.807) is 37.8 Å². The number of hydroxylamine groups is 2. The molecule has 3 atom stereocenters. The number of hydrogen-bond donors (Lipinski definition) is 1. The first-order valence-electron chi connectivity index (χ1n) is 11.9. The molecule has 36 heavy (non-hydrogen) atoms. The molecular weight excluding hydrogens is 466 g/mol. The molecule has 11 nitrogen and oxygen atoms in total. The number of fused-ring (bicyclic) bond motifs is 1. The van der Waals surface area contributed by atoms with Gasteiger partial charge in [-0.25, -0.2) is 9.86 Å². The Balaban J connectivity index is 1.37. The molecule has 4 rings (SSSR count). The van der Waals surface area contributed by atoms with Gasteiger partial charge in [0, 0.05) is 37.5 Å². The molecule has 0 bridgehead atoms. The highest BCUT2D eigenvalue weighted by Gasteiger charge is 2.70. The molecule has 1 saturated carbocycles. The summed E-state index contributed by atoms with van der Waals surface area (Å²) in [6.45, 7) is 8.05. The number of hydrogen-bond acceptors (Lipinski definition) is 7. The maximum atomic E-state index is 12.7. The Morgan fingerprint density at radius 1 is 1.25 bits per heavy atom. The first-order valence-corrected chi connectivity index (χ1v) is 11.9. The molecule has 0 radical (unpaired) electrons. The van der Waals surface area contributed by atoms with E-state index in [0.717, 1.165) is 10.6 Å². The molecule has 1 N–H and O–H groups in total. The molecule has 1 aromatic rings. The number of carbonyl (C=O) groups excluding carboxylic acids is 4. The summed E-state index contributed by atoms with van der Waals surface area (Å²) in [7, 11) is 0. The number of anilines is 1. The van der Waals surface area contributed by atoms with Gasteiger partial charge in [0.2, 0.25) is 18.2 Å². The minimum Gasteiger partial charge on any atom is -0.442 e. The largest absolute Gasteiger partial charge is 0.442 e. The van der Waals surface area contributed by atoms with Gasteiger partial charge in [-0.1, -0.05) is 12.1 Å². The quantitative estimate of drug-likeness (QED) is 0.421. The number of nitriles is 1. The van der Waals surface area contributed by atoms with Gasteiger partial charge in [0.05, 0.1) is 30.2 Å². The third-order valence-electron chi connectivity index (χ3n) is 6.83. The molecule has 2 heterocycles. The van der Waals surface area contributed by atoms with E-state index in [9.17, 15) is 24.4 Å². The average molecular weight is 498 g/mol. The van der Waals surface area contributed by atoms with E-state index in [0.29, 0.717) is 31.7 Å². The summed E-state index contributed by atoms with van der Waals surface area (Å²) in [5.74, 6) is -0.402. The molecule has 0 spiro atoms. The van der Waals surface area contributed by atoms with Crippen LogP contribution in [0.2, 0.25) is 0 Å². The molecule has 3 fully saturated rings. The van der Waals surface area contributed by atoms with Crippen LogP contribution in [0.1, 0.15) is 33.3 Å². The molecule has 0 aromatic heterocycles. The molecular formula is C25H31N5O6. The molecule has 1 aliphatic carbocycles. The summed E-state index contributed by atoms with van der Waals surface area (Å²) >= 11 is 0. The summed E-state index contributed by atoms with van der Waals surface area (Å²) in [6.07, 6.45) is -0.411. The van der Waals surface area contributed by atoms with Crippen molar-refractivity contribution in [2.75, 3.05) is 37.6 Å². The number of piperidine rings is 1. The molecule has 4 amide bonds. The zero-order valence-corrected chi connectivity index (χ0v) is 20.9. The van der Waals surface area contributed by atoms with Crippen LogP contribution >= 0.6 is 0 Å². The predicted octanol–water partition coefficient (Wildman–Crippen LogP) is 1.19. The lowest BCUT2D eigenvalue weighted by Crippen LogP contribution is -2.43. The van der Waals surface area contributed by atoms with Gasteiger partial charge in [-0.3, -0.25) is 24.1 Å². The van der Waals surface area contributed by atoms with Crippen molar-refractivity contribution >= 4 is 30.0 Å². The number of ether oxygens (including phenoxy) is 1. The fourth-order valence-electron chi connectivity index (χ4n) is 5.18. The highest BCUT2D eigenvalue weighted by atomic mass is 16.7. The van der Waals surface area contributed by atoms with Crippen LogP contribution in [0.15, 0.2) is 24.3 Å². The number of benzene rings is 1. The Morgan fingerprint density at radius 3 is 2.42 bits per heavy atom. The summed E-state index contributed by atoms with van der Waals surface area (Å²) in [4.78, 5) is 56.1. The monoisotopic (exact) mass is 497 g/mol. The standard InChI is InChI=1S/C25H31N5O6/c1-16(32)27-9-19-10-30(23(34)35-19)18-7-5-17(6-8-18)25(14-26)20-11-28(12-21(20)25)22(33)13-29(15-31)36-24(2,3)4/h5-8,15,19-21H,9-13H2,1-4H3,(H,27,32)/t19-,20?,21?,25?/m0/s1. The first-order chi connectivity index (χ1) is 17.0. The fourth-order valence-corrected chi connectivity index (χ4v) is 5.18. The summed E-state index contributed by atoms with van der Waals surface area (Å²) in [6, 6.07) is 9.75. The van der Waals surface area contributed by atoms with E-state index in [2.05, 4.69) is 11.4 Å². The van der Waals surface area contributed by atoms with Crippen LogP contribution < -0.4 is 10.2 Å². The maximum Gasteiger partial charge on any atom is 0.414 e. The fraction of sp³-hybridized carbons (Fsp3) is 0.560. The molecule has 2 aliphatic heterocycles. The lowest BCUT2D eigenvalue weighted by molar-refractivity contribution is -0.217.